The minimum Gasteiger partial charge on any atom is -0.452 e. The number of ether oxygens (including phenoxy) is 1. The van der Waals surface area contributed by atoms with Crippen molar-refractivity contribution in [3.8, 4) is 0 Å². The van der Waals surface area contributed by atoms with Crippen LogP contribution in [0.25, 0.3) is 0 Å². The Hall–Kier alpha value is -3.08. The predicted molar refractivity (Wildman–Crippen MR) is 105 cm³/mol. The Morgan fingerprint density at radius 3 is 2.42 bits per heavy atom. The molecule has 7 nitrogen and oxygen atoms in total. The highest BCUT2D eigenvalue weighted by Gasteiger charge is 2.29. The lowest BCUT2D eigenvalue weighted by atomic mass is 10.0. The number of carbonyl (C=O) groups excluding carboxylic acids is 2. The summed E-state index contributed by atoms with van der Waals surface area (Å²) >= 11 is 0. The van der Waals surface area contributed by atoms with E-state index in [1.807, 2.05) is 12.1 Å². The maximum absolute atomic E-state index is 13.1. The van der Waals surface area contributed by atoms with Gasteiger partial charge in [0.1, 0.15) is 6.54 Å². The molecule has 0 bridgehead atoms. The zero-order chi connectivity index (χ0) is 22.6. The number of halogens is 3. The van der Waals surface area contributed by atoms with Gasteiger partial charge in [0, 0.05) is 6.54 Å². The third-order valence-corrected chi connectivity index (χ3v) is 6.39. The molecular weight excluding hydrogens is 437 g/mol. The molecule has 2 aromatic carbocycles. The van der Waals surface area contributed by atoms with E-state index in [9.17, 15) is 31.2 Å². The summed E-state index contributed by atoms with van der Waals surface area (Å²) < 4.78 is 68.3. The number of alkyl halides is 3. The first kappa shape index (κ1) is 22.6. The van der Waals surface area contributed by atoms with Gasteiger partial charge < -0.3 is 10.1 Å². The fourth-order valence-corrected chi connectivity index (χ4v) is 4.64. The number of anilines is 1. The van der Waals surface area contributed by atoms with Crippen LogP contribution in [0.5, 0.6) is 0 Å². The number of carbonyl (C=O) groups is 2. The van der Waals surface area contributed by atoms with Crippen LogP contribution in [0.2, 0.25) is 0 Å². The van der Waals surface area contributed by atoms with Gasteiger partial charge in [0.2, 0.25) is 0 Å². The van der Waals surface area contributed by atoms with Gasteiger partial charge in [-0.2, -0.15) is 13.2 Å². The molecule has 166 valence electrons. The highest BCUT2D eigenvalue weighted by molar-refractivity contribution is 7.92. The fraction of sp³-hybridized carbons (Fsp3) is 0.300. The SMILES string of the molecule is O=C(COC(=O)c1ccc(S(=O)(=O)N2CCCc3ccccc32)cc1)NCC(F)(F)F. The van der Waals surface area contributed by atoms with Crippen LogP contribution < -0.4 is 9.62 Å². The molecule has 1 N–H and O–H groups in total. The van der Waals surface area contributed by atoms with Crippen LogP contribution in [0.1, 0.15) is 22.3 Å². The number of sulfonamides is 1. The average molecular weight is 456 g/mol. The molecule has 0 unspecified atom stereocenters. The number of benzene rings is 2. The summed E-state index contributed by atoms with van der Waals surface area (Å²) in [6, 6.07) is 12.1. The van der Waals surface area contributed by atoms with Crippen LogP contribution in [0.3, 0.4) is 0 Å². The molecule has 1 heterocycles. The van der Waals surface area contributed by atoms with E-state index in [0.717, 1.165) is 12.0 Å². The molecule has 11 heteroatoms. The maximum Gasteiger partial charge on any atom is 0.405 e. The summed E-state index contributed by atoms with van der Waals surface area (Å²) in [4.78, 5) is 23.3. The summed E-state index contributed by atoms with van der Waals surface area (Å²) in [6.07, 6.45) is -3.11. The van der Waals surface area contributed by atoms with E-state index in [1.165, 1.54) is 28.6 Å². The fourth-order valence-electron chi connectivity index (χ4n) is 3.10. The number of hydrogen-bond acceptors (Lipinski definition) is 5. The number of esters is 1. The van der Waals surface area contributed by atoms with E-state index in [1.54, 1.807) is 17.4 Å². The normalized spacial score (nSPS) is 14.0. The van der Waals surface area contributed by atoms with Gasteiger partial charge >= 0.3 is 12.1 Å². The van der Waals surface area contributed by atoms with Crippen molar-refractivity contribution in [1.29, 1.82) is 0 Å². The van der Waals surface area contributed by atoms with Crippen molar-refractivity contribution in [3.05, 3.63) is 59.7 Å². The topological polar surface area (TPSA) is 92.8 Å². The molecule has 1 aliphatic heterocycles. The Kier molecular flexibility index (Phi) is 6.54. The Bertz CT molecular complexity index is 1070. The van der Waals surface area contributed by atoms with Crippen LogP contribution in [-0.4, -0.2) is 46.2 Å². The monoisotopic (exact) mass is 456 g/mol. The number of fused-ring (bicyclic) bond motifs is 1. The molecule has 0 radical (unpaired) electrons. The summed E-state index contributed by atoms with van der Waals surface area (Å²) in [5.41, 5.74) is 1.50. The molecule has 0 saturated heterocycles. The molecule has 0 fully saturated rings. The molecule has 1 aliphatic rings. The molecule has 0 spiro atoms. The Balaban J connectivity index is 1.66. The standard InChI is InChI=1S/C20H19F3N2O5S/c21-20(22,23)13-24-18(26)12-30-19(27)15-7-9-16(10-8-15)31(28,29)25-11-3-5-14-4-1-2-6-17(14)25/h1-2,4,6-10H,3,5,11-13H2,(H,24,26). The summed E-state index contributed by atoms with van der Waals surface area (Å²) in [5.74, 6) is -2.07. The van der Waals surface area contributed by atoms with Crippen molar-refractivity contribution in [2.24, 2.45) is 0 Å². The van der Waals surface area contributed by atoms with Gasteiger partial charge in [-0.15, -0.1) is 0 Å². The number of nitrogens with one attached hydrogen (secondary N) is 1. The molecule has 0 atom stereocenters. The van der Waals surface area contributed by atoms with E-state index in [4.69, 9.17) is 0 Å². The first-order chi connectivity index (χ1) is 14.6. The second-order valence-corrected chi connectivity index (χ2v) is 8.66. The summed E-state index contributed by atoms with van der Waals surface area (Å²) in [6.45, 7) is -2.09. The van der Waals surface area contributed by atoms with E-state index in [2.05, 4.69) is 4.74 Å². The van der Waals surface area contributed by atoms with Crippen molar-refractivity contribution in [2.45, 2.75) is 23.9 Å². The number of hydrogen-bond donors (Lipinski definition) is 1. The number of para-hydroxylation sites is 1. The molecular formula is C20H19F3N2O5S. The van der Waals surface area contributed by atoms with Gasteiger partial charge in [-0.1, -0.05) is 18.2 Å². The number of aryl methyl sites for hydroxylation is 1. The van der Waals surface area contributed by atoms with Crippen molar-refractivity contribution in [3.63, 3.8) is 0 Å². The number of nitrogens with zero attached hydrogens (tertiary/aromatic N) is 1. The van der Waals surface area contributed by atoms with Crippen molar-refractivity contribution < 1.29 is 35.9 Å². The highest BCUT2D eigenvalue weighted by atomic mass is 32.2. The molecule has 0 aliphatic carbocycles. The van der Waals surface area contributed by atoms with E-state index in [-0.39, 0.29) is 10.5 Å². The third kappa shape index (κ3) is 5.54. The number of amides is 1. The van der Waals surface area contributed by atoms with Gasteiger partial charge in [-0.3, -0.25) is 9.10 Å². The molecule has 0 aromatic heterocycles. The van der Waals surface area contributed by atoms with Gasteiger partial charge in [0.05, 0.1) is 16.1 Å². The average Bonchev–Trinajstić information content (AvgIpc) is 2.75. The van der Waals surface area contributed by atoms with Crippen LogP contribution in [0.4, 0.5) is 18.9 Å². The second-order valence-electron chi connectivity index (χ2n) is 6.80. The molecule has 0 saturated carbocycles. The Morgan fingerprint density at radius 2 is 1.74 bits per heavy atom. The lowest BCUT2D eigenvalue weighted by Crippen LogP contribution is -2.36. The lowest BCUT2D eigenvalue weighted by Gasteiger charge is -2.30. The highest BCUT2D eigenvalue weighted by Crippen LogP contribution is 2.31. The minimum absolute atomic E-state index is 0.0244. The smallest absolute Gasteiger partial charge is 0.405 e. The van der Waals surface area contributed by atoms with E-state index in [0.29, 0.717) is 18.7 Å². The Morgan fingerprint density at radius 1 is 1.06 bits per heavy atom. The zero-order valence-corrected chi connectivity index (χ0v) is 17.0. The Labute approximate surface area is 176 Å². The van der Waals surface area contributed by atoms with E-state index >= 15 is 0 Å². The lowest BCUT2D eigenvalue weighted by molar-refractivity contribution is -0.140. The van der Waals surface area contributed by atoms with Crippen LogP contribution in [-0.2, 0) is 26.0 Å². The zero-order valence-electron chi connectivity index (χ0n) is 16.2. The van der Waals surface area contributed by atoms with Crippen molar-refractivity contribution in [2.75, 3.05) is 24.0 Å². The van der Waals surface area contributed by atoms with E-state index < -0.39 is 41.2 Å². The molecule has 1 amide bonds. The molecule has 3 rings (SSSR count). The first-order valence-electron chi connectivity index (χ1n) is 9.29. The quantitative estimate of drug-likeness (QED) is 0.675. The van der Waals surface area contributed by atoms with Gasteiger partial charge in [-0.05, 0) is 48.7 Å². The van der Waals surface area contributed by atoms with Crippen molar-refractivity contribution >= 4 is 27.6 Å². The first-order valence-corrected chi connectivity index (χ1v) is 10.7. The van der Waals surface area contributed by atoms with Gasteiger partial charge in [-0.25, -0.2) is 13.2 Å². The third-order valence-electron chi connectivity index (χ3n) is 4.57. The van der Waals surface area contributed by atoms with Crippen LogP contribution >= 0.6 is 0 Å². The predicted octanol–water partition coefficient (Wildman–Crippen LogP) is 2.66. The van der Waals surface area contributed by atoms with Crippen LogP contribution in [0.15, 0.2) is 53.4 Å². The van der Waals surface area contributed by atoms with Gasteiger partial charge in [0.25, 0.3) is 15.9 Å². The summed E-state index contributed by atoms with van der Waals surface area (Å²) in [7, 11) is -3.85. The van der Waals surface area contributed by atoms with Crippen molar-refractivity contribution in [1.82, 2.24) is 5.32 Å². The molecule has 2 aromatic rings. The minimum atomic E-state index is -4.57. The number of rotatable bonds is 6. The van der Waals surface area contributed by atoms with Crippen LogP contribution in [0, 0.1) is 0 Å². The maximum atomic E-state index is 13.1. The second kappa shape index (κ2) is 8.96. The summed E-state index contributed by atoms with van der Waals surface area (Å²) in [5, 5.41) is 1.58. The largest absolute Gasteiger partial charge is 0.452 e. The van der Waals surface area contributed by atoms with Gasteiger partial charge in [0.15, 0.2) is 6.61 Å². The molecule has 31 heavy (non-hydrogen) atoms.